The van der Waals surface area contributed by atoms with Crippen molar-refractivity contribution in [3.05, 3.63) is 84.4 Å². The molecule has 0 saturated carbocycles. The topological polar surface area (TPSA) is 23.4 Å². The smallest absolute Gasteiger partial charge is 0.192 e. The lowest BCUT2D eigenvalue weighted by atomic mass is 10.1. The number of benzene rings is 3. The molecule has 0 N–H and O–H groups in total. The Hall–Kier alpha value is -2.62. The molecule has 1 aliphatic rings. The molecule has 4 aromatic rings. The van der Waals surface area contributed by atoms with Crippen LogP contribution in [-0.2, 0) is 21.8 Å². The van der Waals surface area contributed by atoms with Crippen LogP contribution in [0.2, 0.25) is 0 Å². The molecule has 1 saturated heterocycles. The molecule has 0 radical (unpaired) electrons. The van der Waals surface area contributed by atoms with E-state index >= 15 is 0 Å². The Kier molecular flexibility index (Phi) is 3.59. The number of hydrogen-bond acceptors (Lipinski definition) is 2. The summed E-state index contributed by atoms with van der Waals surface area (Å²) in [4.78, 5) is 0. The minimum atomic E-state index is -0.676. The average molecular weight is 343 g/mol. The van der Waals surface area contributed by atoms with E-state index in [4.69, 9.17) is 9.47 Å². The molecule has 1 aromatic heterocycles. The Bertz CT molecular complexity index is 1020. The third kappa shape index (κ3) is 2.44. The van der Waals surface area contributed by atoms with Gasteiger partial charge in [-0.25, -0.2) is 0 Å². The van der Waals surface area contributed by atoms with Crippen LogP contribution in [0, 0.1) is 0 Å². The zero-order chi connectivity index (χ0) is 17.6. The lowest BCUT2D eigenvalue weighted by Gasteiger charge is -2.24. The fourth-order valence-corrected chi connectivity index (χ4v) is 4.02. The van der Waals surface area contributed by atoms with Gasteiger partial charge in [0, 0.05) is 27.4 Å². The van der Waals surface area contributed by atoms with Gasteiger partial charge < -0.3 is 14.0 Å². The Morgan fingerprint density at radius 1 is 0.846 bits per heavy atom. The summed E-state index contributed by atoms with van der Waals surface area (Å²) in [6, 6.07) is 27.3. The number of aromatic nitrogens is 1. The number of nitrogens with zero attached hydrogens (tertiary/aromatic N) is 1. The first-order valence-electron chi connectivity index (χ1n) is 9.08. The molecular weight excluding hydrogens is 322 g/mol. The average Bonchev–Trinajstić information content (AvgIpc) is 3.23. The van der Waals surface area contributed by atoms with Crippen molar-refractivity contribution >= 4 is 21.8 Å². The van der Waals surface area contributed by atoms with Gasteiger partial charge in [0.25, 0.3) is 0 Å². The molecule has 130 valence electrons. The summed E-state index contributed by atoms with van der Waals surface area (Å²) in [5.41, 5.74) is 3.54. The highest BCUT2D eigenvalue weighted by atomic mass is 16.7. The van der Waals surface area contributed by atoms with Gasteiger partial charge in [0.1, 0.15) is 6.10 Å². The number of hydrogen-bond donors (Lipinski definition) is 0. The van der Waals surface area contributed by atoms with Crippen molar-refractivity contribution in [1.29, 1.82) is 0 Å². The van der Waals surface area contributed by atoms with Crippen molar-refractivity contribution < 1.29 is 9.47 Å². The summed E-state index contributed by atoms with van der Waals surface area (Å²) in [6.07, 6.45) is 0.0134. The van der Waals surface area contributed by atoms with Crippen LogP contribution in [0.3, 0.4) is 0 Å². The van der Waals surface area contributed by atoms with E-state index < -0.39 is 5.79 Å². The standard InChI is InChI=1S/C23H21NO2/c1-23(17-9-3-2-4-10-17)25-16-18(26-23)15-24-21-13-7-5-11-19(21)20-12-6-8-14-22(20)24/h2-14,18H,15-16H2,1H3/t18-,23+/m0/s1. The van der Waals surface area contributed by atoms with Crippen LogP contribution in [0.4, 0.5) is 0 Å². The lowest BCUT2D eigenvalue weighted by molar-refractivity contribution is -0.162. The van der Waals surface area contributed by atoms with Crippen LogP contribution >= 0.6 is 0 Å². The van der Waals surface area contributed by atoms with Crippen molar-refractivity contribution in [3.8, 4) is 0 Å². The van der Waals surface area contributed by atoms with Crippen LogP contribution in [0.1, 0.15) is 12.5 Å². The molecule has 3 heteroatoms. The molecule has 2 heterocycles. The lowest BCUT2D eigenvalue weighted by Crippen LogP contribution is -2.25. The van der Waals surface area contributed by atoms with E-state index in [9.17, 15) is 0 Å². The Morgan fingerprint density at radius 2 is 1.42 bits per heavy atom. The van der Waals surface area contributed by atoms with Crippen LogP contribution < -0.4 is 0 Å². The van der Waals surface area contributed by atoms with E-state index in [1.54, 1.807) is 0 Å². The van der Waals surface area contributed by atoms with E-state index in [1.807, 2.05) is 25.1 Å². The van der Waals surface area contributed by atoms with E-state index in [2.05, 4.69) is 65.2 Å². The van der Waals surface area contributed by atoms with Gasteiger partial charge in [-0.15, -0.1) is 0 Å². The van der Waals surface area contributed by atoms with Crippen molar-refractivity contribution in [3.63, 3.8) is 0 Å². The molecule has 3 aromatic carbocycles. The summed E-state index contributed by atoms with van der Waals surface area (Å²) in [7, 11) is 0. The van der Waals surface area contributed by atoms with Gasteiger partial charge in [-0.1, -0.05) is 66.7 Å². The molecule has 0 aliphatic carbocycles. The van der Waals surface area contributed by atoms with Gasteiger partial charge in [-0.3, -0.25) is 0 Å². The molecule has 1 fully saturated rings. The molecule has 2 atom stereocenters. The summed E-state index contributed by atoms with van der Waals surface area (Å²) in [5.74, 6) is -0.676. The maximum atomic E-state index is 6.36. The highest BCUT2D eigenvalue weighted by Gasteiger charge is 2.39. The predicted octanol–water partition coefficient (Wildman–Crippen LogP) is 5.08. The Balaban J connectivity index is 1.51. The van der Waals surface area contributed by atoms with Crippen molar-refractivity contribution in [2.75, 3.05) is 6.61 Å². The summed E-state index contributed by atoms with van der Waals surface area (Å²) in [5, 5.41) is 2.57. The quantitative estimate of drug-likeness (QED) is 0.518. The van der Waals surface area contributed by atoms with Gasteiger partial charge in [0.15, 0.2) is 5.79 Å². The normalized spacial score (nSPS) is 23.0. The van der Waals surface area contributed by atoms with E-state index in [0.29, 0.717) is 6.61 Å². The van der Waals surface area contributed by atoms with Crippen molar-refractivity contribution in [2.24, 2.45) is 0 Å². The number of fused-ring (bicyclic) bond motifs is 3. The first-order valence-corrected chi connectivity index (χ1v) is 9.08. The van der Waals surface area contributed by atoms with Gasteiger partial charge >= 0.3 is 0 Å². The van der Waals surface area contributed by atoms with E-state index in [-0.39, 0.29) is 6.10 Å². The zero-order valence-electron chi connectivity index (χ0n) is 14.8. The molecule has 0 unspecified atom stereocenters. The number of ether oxygens (including phenoxy) is 2. The third-order valence-electron chi connectivity index (χ3n) is 5.30. The maximum Gasteiger partial charge on any atom is 0.192 e. The molecule has 0 amide bonds. The predicted molar refractivity (Wildman–Crippen MR) is 104 cm³/mol. The minimum Gasteiger partial charge on any atom is -0.343 e. The van der Waals surface area contributed by atoms with Crippen molar-refractivity contribution in [1.82, 2.24) is 4.57 Å². The maximum absolute atomic E-state index is 6.36. The van der Waals surface area contributed by atoms with Crippen LogP contribution in [0.25, 0.3) is 21.8 Å². The van der Waals surface area contributed by atoms with E-state index in [1.165, 1.54) is 21.8 Å². The minimum absolute atomic E-state index is 0.0134. The molecule has 26 heavy (non-hydrogen) atoms. The molecule has 0 bridgehead atoms. The second-order valence-corrected chi connectivity index (χ2v) is 7.01. The zero-order valence-corrected chi connectivity index (χ0v) is 14.8. The van der Waals surface area contributed by atoms with Gasteiger partial charge in [0.2, 0.25) is 0 Å². The highest BCUT2D eigenvalue weighted by molar-refractivity contribution is 6.07. The number of rotatable bonds is 3. The van der Waals surface area contributed by atoms with Crippen molar-refractivity contribution in [2.45, 2.75) is 25.4 Å². The summed E-state index contributed by atoms with van der Waals surface area (Å²) >= 11 is 0. The highest BCUT2D eigenvalue weighted by Crippen LogP contribution is 2.36. The first-order chi connectivity index (χ1) is 12.7. The second kappa shape index (κ2) is 5.97. The van der Waals surface area contributed by atoms with Crippen LogP contribution in [-0.4, -0.2) is 17.3 Å². The second-order valence-electron chi connectivity index (χ2n) is 7.01. The fourth-order valence-electron chi connectivity index (χ4n) is 4.02. The van der Waals surface area contributed by atoms with Gasteiger partial charge in [0.05, 0.1) is 13.2 Å². The molecule has 1 aliphatic heterocycles. The first kappa shape index (κ1) is 15.6. The molecule has 5 rings (SSSR count). The largest absolute Gasteiger partial charge is 0.343 e. The third-order valence-corrected chi connectivity index (χ3v) is 5.30. The van der Waals surface area contributed by atoms with Gasteiger partial charge in [-0.05, 0) is 19.1 Å². The number of para-hydroxylation sites is 2. The summed E-state index contributed by atoms with van der Waals surface area (Å²) < 4.78 is 14.8. The Labute approximate surface area is 152 Å². The van der Waals surface area contributed by atoms with E-state index in [0.717, 1.165) is 12.1 Å². The molecule has 0 spiro atoms. The van der Waals surface area contributed by atoms with Crippen LogP contribution in [0.15, 0.2) is 78.9 Å². The fraction of sp³-hybridized carbons (Fsp3) is 0.217. The Morgan fingerprint density at radius 3 is 2.08 bits per heavy atom. The monoisotopic (exact) mass is 343 g/mol. The van der Waals surface area contributed by atoms with Crippen LogP contribution in [0.5, 0.6) is 0 Å². The molecule has 3 nitrogen and oxygen atoms in total. The SMILES string of the molecule is C[C@@]1(c2ccccc2)OC[C@H](Cn2c3ccccc3c3ccccc32)O1. The van der Waals surface area contributed by atoms with Gasteiger partial charge in [-0.2, -0.15) is 0 Å². The molecular formula is C23H21NO2. The summed E-state index contributed by atoms with van der Waals surface area (Å²) in [6.45, 7) is 3.37.